The summed E-state index contributed by atoms with van der Waals surface area (Å²) in [5.74, 6) is 6.94. The molecule has 0 saturated carbocycles. The van der Waals surface area contributed by atoms with E-state index < -0.39 is 0 Å². The molecular weight excluding hydrogens is 120 g/mol. The van der Waals surface area contributed by atoms with Crippen LogP contribution in [0.25, 0.3) is 0 Å². The van der Waals surface area contributed by atoms with E-state index in [2.05, 4.69) is 32.6 Å². The summed E-state index contributed by atoms with van der Waals surface area (Å²) in [6.45, 7) is 8.12. The molecule has 0 fully saturated rings. The Hall–Kier alpha value is -0.440. The zero-order valence-corrected chi connectivity index (χ0v) is 7.11. The lowest BCUT2D eigenvalue weighted by Gasteiger charge is -2.02. The maximum Gasteiger partial charge on any atom is 0.0114 e. The van der Waals surface area contributed by atoms with E-state index in [4.69, 9.17) is 0 Å². The standard InChI is InChI=1S/C10H17/c1-4-6-7-9-10(3)8-5-2/h10H,2,4-5,8-9H2,1,3H3. The second kappa shape index (κ2) is 6.68. The summed E-state index contributed by atoms with van der Waals surface area (Å²) in [5, 5.41) is 0. The van der Waals surface area contributed by atoms with Crippen LogP contribution in [0.1, 0.15) is 39.5 Å². The first-order valence-electron chi connectivity index (χ1n) is 4.06. The second-order valence-electron chi connectivity index (χ2n) is 2.66. The van der Waals surface area contributed by atoms with Crippen LogP contribution in [0.4, 0.5) is 0 Å². The first kappa shape index (κ1) is 9.56. The van der Waals surface area contributed by atoms with Gasteiger partial charge in [0.25, 0.3) is 0 Å². The van der Waals surface area contributed by atoms with Gasteiger partial charge in [0, 0.05) is 12.8 Å². The van der Waals surface area contributed by atoms with Gasteiger partial charge in [0.1, 0.15) is 0 Å². The van der Waals surface area contributed by atoms with Crippen LogP contribution in [0.15, 0.2) is 0 Å². The van der Waals surface area contributed by atoms with Crippen LogP contribution >= 0.6 is 0 Å². The molecule has 0 bridgehead atoms. The SMILES string of the molecule is [CH2]CCC(C)CC#CCC. The van der Waals surface area contributed by atoms with E-state index in [1.165, 1.54) is 6.42 Å². The van der Waals surface area contributed by atoms with Crippen molar-refractivity contribution < 1.29 is 0 Å². The molecule has 0 saturated heterocycles. The van der Waals surface area contributed by atoms with Gasteiger partial charge in [0.05, 0.1) is 0 Å². The van der Waals surface area contributed by atoms with Crippen LogP contribution in [0.3, 0.4) is 0 Å². The molecule has 0 spiro atoms. The summed E-state index contributed by atoms with van der Waals surface area (Å²) < 4.78 is 0. The molecule has 10 heavy (non-hydrogen) atoms. The van der Waals surface area contributed by atoms with E-state index in [0.717, 1.165) is 25.2 Å². The number of hydrogen-bond donors (Lipinski definition) is 0. The summed E-state index contributed by atoms with van der Waals surface area (Å²) in [5.41, 5.74) is 0. The van der Waals surface area contributed by atoms with Crippen molar-refractivity contribution in [1.29, 1.82) is 0 Å². The molecular formula is C10H17. The maximum atomic E-state index is 3.81. The molecule has 1 atom stereocenters. The Morgan fingerprint density at radius 3 is 2.60 bits per heavy atom. The average molecular weight is 137 g/mol. The molecule has 0 aromatic carbocycles. The van der Waals surface area contributed by atoms with Crippen molar-refractivity contribution in [2.24, 2.45) is 5.92 Å². The highest BCUT2D eigenvalue weighted by molar-refractivity contribution is 4.98. The Morgan fingerprint density at radius 1 is 1.40 bits per heavy atom. The fraction of sp³-hybridized carbons (Fsp3) is 0.700. The van der Waals surface area contributed by atoms with Crippen molar-refractivity contribution in [3.05, 3.63) is 6.92 Å². The van der Waals surface area contributed by atoms with Gasteiger partial charge in [-0.05, 0) is 12.3 Å². The molecule has 0 aromatic rings. The Labute approximate surface area is 65.0 Å². The lowest BCUT2D eigenvalue weighted by atomic mass is 10.0. The van der Waals surface area contributed by atoms with Crippen LogP contribution in [-0.2, 0) is 0 Å². The topological polar surface area (TPSA) is 0 Å². The van der Waals surface area contributed by atoms with Crippen molar-refractivity contribution >= 4 is 0 Å². The summed E-state index contributed by atoms with van der Waals surface area (Å²) in [6, 6.07) is 0. The minimum absolute atomic E-state index is 0.733. The third-order valence-corrected chi connectivity index (χ3v) is 1.45. The molecule has 1 radical (unpaired) electrons. The first-order chi connectivity index (χ1) is 4.81. The van der Waals surface area contributed by atoms with Gasteiger partial charge < -0.3 is 0 Å². The second-order valence-corrected chi connectivity index (χ2v) is 2.66. The Morgan fingerprint density at radius 2 is 2.10 bits per heavy atom. The van der Waals surface area contributed by atoms with Gasteiger partial charge in [-0.2, -0.15) is 0 Å². The van der Waals surface area contributed by atoms with Gasteiger partial charge in [-0.25, -0.2) is 0 Å². The summed E-state index contributed by atoms with van der Waals surface area (Å²) in [7, 11) is 0. The molecule has 0 aliphatic rings. The van der Waals surface area contributed by atoms with Crippen molar-refractivity contribution in [3.8, 4) is 11.8 Å². The highest BCUT2D eigenvalue weighted by Crippen LogP contribution is 2.07. The van der Waals surface area contributed by atoms with Gasteiger partial charge in [0.2, 0.25) is 0 Å². The average Bonchev–Trinajstić information content (AvgIpc) is 1.89. The lowest BCUT2D eigenvalue weighted by molar-refractivity contribution is 0.553. The molecule has 0 heteroatoms. The van der Waals surface area contributed by atoms with Crippen molar-refractivity contribution in [2.75, 3.05) is 0 Å². The van der Waals surface area contributed by atoms with E-state index in [1.807, 2.05) is 0 Å². The summed E-state index contributed by atoms with van der Waals surface area (Å²) >= 11 is 0. The highest BCUT2D eigenvalue weighted by Gasteiger charge is 1.95. The maximum absolute atomic E-state index is 3.81. The van der Waals surface area contributed by atoms with Crippen LogP contribution in [0, 0.1) is 24.7 Å². The normalized spacial score (nSPS) is 11.9. The minimum Gasteiger partial charge on any atom is -0.104 e. The molecule has 1 unspecified atom stereocenters. The molecule has 0 amide bonds. The zero-order valence-electron chi connectivity index (χ0n) is 7.11. The predicted molar refractivity (Wildman–Crippen MR) is 46.4 cm³/mol. The highest BCUT2D eigenvalue weighted by atomic mass is 14.0. The largest absolute Gasteiger partial charge is 0.104 e. The van der Waals surface area contributed by atoms with Gasteiger partial charge >= 0.3 is 0 Å². The summed E-state index contributed by atoms with van der Waals surface area (Å²) in [4.78, 5) is 0. The fourth-order valence-corrected chi connectivity index (χ4v) is 0.822. The number of rotatable bonds is 3. The molecule has 0 nitrogen and oxygen atoms in total. The van der Waals surface area contributed by atoms with Crippen LogP contribution in [0.2, 0.25) is 0 Å². The van der Waals surface area contributed by atoms with Crippen molar-refractivity contribution in [3.63, 3.8) is 0 Å². The predicted octanol–water partition coefficient (Wildman–Crippen LogP) is 3.04. The summed E-state index contributed by atoms with van der Waals surface area (Å²) in [6.07, 6.45) is 4.27. The fourth-order valence-electron chi connectivity index (χ4n) is 0.822. The van der Waals surface area contributed by atoms with Gasteiger partial charge in [-0.3, -0.25) is 0 Å². The zero-order chi connectivity index (χ0) is 7.82. The molecule has 0 aliphatic carbocycles. The molecule has 0 heterocycles. The third-order valence-electron chi connectivity index (χ3n) is 1.45. The number of hydrogen-bond acceptors (Lipinski definition) is 0. The molecule has 0 rings (SSSR count). The van der Waals surface area contributed by atoms with Crippen molar-refractivity contribution in [1.82, 2.24) is 0 Å². The van der Waals surface area contributed by atoms with Crippen molar-refractivity contribution in [2.45, 2.75) is 39.5 Å². The van der Waals surface area contributed by atoms with Crippen LogP contribution in [-0.4, -0.2) is 0 Å². The molecule has 57 valence electrons. The van der Waals surface area contributed by atoms with E-state index in [0.29, 0.717) is 0 Å². The third kappa shape index (κ3) is 5.69. The Balaban J connectivity index is 3.29. The quantitative estimate of drug-likeness (QED) is 0.524. The van der Waals surface area contributed by atoms with E-state index >= 15 is 0 Å². The lowest BCUT2D eigenvalue weighted by Crippen LogP contribution is -1.90. The minimum atomic E-state index is 0.733. The molecule has 0 aromatic heterocycles. The smallest absolute Gasteiger partial charge is 0.0114 e. The molecule has 0 aliphatic heterocycles. The van der Waals surface area contributed by atoms with E-state index in [1.54, 1.807) is 0 Å². The van der Waals surface area contributed by atoms with Gasteiger partial charge in [0.15, 0.2) is 0 Å². The Kier molecular flexibility index (Phi) is 6.38. The van der Waals surface area contributed by atoms with Crippen LogP contribution in [0.5, 0.6) is 0 Å². The van der Waals surface area contributed by atoms with E-state index in [-0.39, 0.29) is 0 Å². The monoisotopic (exact) mass is 137 g/mol. The van der Waals surface area contributed by atoms with Gasteiger partial charge in [-0.1, -0.05) is 27.2 Å². The van der Waals surface area contributed by atoms with Crippen LogP contribution < -0.4 is 0 Å². The Bertz CT molecular complexity index is 114. The van der Waals surface area contributed by atoms with E-state index in [9.17, 15) is 0 Å². The first-order valence-corrected chi connectivity index (χ1v) is 4.06. The van der Waals surface area contributed by atoms with Gasteiger partial charge in [-0.15, -0.1) is 11.8 Å². The molecule has 0 N–H and O–H groups in total.